The van der Waals surface area contributed by atoms with Gasteiger partial charge in [0, 0.05) is 7.05 Å². The predicted molar refractivity (Wildman–Crippen MR) is 63.8 cm³/mol. The second kappa shape index (κ2) is 4.62. The van der Waals surface area contributed by atoms with Crippen molar-refractivity contribution in [3.63, 3.8) is 0 Å². The van der Waals surface area contributed by atoms with Crippen molar-refractivity contribution in [3.05, 3.63) is 27.7 Å². The molecule has 2 rings (SSSR count). The van der Waals surface area contributed by atoms with Crippen molar-refractivity contribution in [1.29, 1.82) is 0 Å². The third-order valence-electron chi connectivity index (χ3n) is 2.30. The first-order chi connectivity index (χ1) is 8.08. The molecule has 0 aliphatic heterocycles. The molecule has 0 spiro atoms. The lowest BCUT2D eigenvalue weighted by Crippen LogP contribution is -2.26. The van der Waals surface area contributed by atoms with E-state index in [2.05, 4.69) is 20.2 Å². The minimum Gasteiger partial charge on any atom is -0.333 e. The molecule has 0 saturated carbocycles. The van der Waals surface area contributed by atoms with Crippen molar-refractivity contribution in [1.82, 2.24) is 25.1 Å². The van der Waals surface area contributed by atoms with Gasteiger partial charge in [-0.2, -0.15) is 5.10 Å². The summed E-state index contributed by atoms with van der Waals surface area (Å²) in [6.45, 7) is 4.15. The van der Waals surface area contributed by atoms with Gasteiger partial charge in [-0.25, -0.2) is 9.97 Å². The summed E-state index contributed by atoms with van der Waals surface area (Å²) in [7, 11) is 1.74. The maximum atomic E-state index is 12.1. The van der Waals surface area contributed by atoms with Crippen molar-refractivity contribution >= 4 is 17.2 Å². The summed E-state index contributed by atoms with van der Waals surface area (Å²) in [5.41, 5.74) is 0.780. The number of amides is 1. The molecule has 2 aromatic heterocycles. The molecule has 0 fully saturated rings. The molecule has 0 aromatic carbocycles. The lowest BCUT2D eigenvalue weighted by atomic mass is 10.3. The second-order valence-corrected chi connectivity index (χ2v) is 4.94. The molecular weight excluding hydrogens is 238 g/mol. The van der Waals surface area contributed by atoms with Crippen LogP contribution in [0.5, 0.6) is 0 Å². The van der Waals surface area contributed by atoms with Crippen LogP contribution in [0, 0.1) is 13.8 Å². The summed E-state index contributed by atoms with van der Waals surface area (Å²) in [6, 6.07) is 0. The molecular formula is C10H13N5OS. The Bertz CT molecular complexity index is 519. The highest BCUT2D eigenvalue weighted by Gasteiger charge is 2.18. The fourth-order valence-corrected chi connectivity index (χ4v) is 2.42. The smallest absolute Gasteiger partial charge is 0.266 e. The summed E-state index contributed by atoms with van der Waals surface area (Å²) in [4.78, 5) is 22.7. The molecule has 0 radical (unpaired) electrons. The lowest BCUT2D eigenvalue weighted by molar-refractivity contribution is 0.0785. The third kappa shape index (κ3) is 2.50. The van der Waals surface area contributed by atoms with Crippen molar-refractivity contribution in [2.45, 2.75) is 20.4 Å². The standard InChI is InChI=1S/C10H13N5OS/c1-6-9(17-7(2)13-6)10(16)15(3)4-8-11-5-12-14-8/h5H,4H2,1-3H3,(H,11,12,14). The van der Waals surface area contributed by atoms with Gasteiger partial charge in [0.05, 0.1) is 17.2 Å². The summed E-state index contributed by atoms with van der Waals surface area (Å²) >= 11 is 1.41. The van der Waals surface area contributed by atoms with Crippen molar-refractivity contribution in [3.8, 4) is 0 Å². The summed E-state index contributed by atoms with van der Waals surface area (Å²) in [6.07, 6.45) is 1.43. The maximum Gasteiger partial charge on any atom is 0.266 e. The number of aromatic amines is 1. The quantitative estimate of drug-likeness (QED) is 0.888. The highest BCUT2D eigenvalue weighted by Crippen LogP contribution is 2.19. The van der Waals surface area contributed by atoms with E-state index < -0.39 is 0 Å². The van der Waals surface area contributed by atoms with Gasteiger partial charge in [-0.15, -0.1) is 11.3 Å². The van der Waals surface area contributed by atoms with Gasteiger partial charge in [0.25, 0.3) is 5.91 Å². The Morgan fingerprint density at radius 2 is 2.29 bits per heavy atom. The zero-order chi connectivity index (χ0) is 12.4. The lowest BCUT2D eigenvalue weighted by Gasteiger charge is -2.14. The van der Waals surface area contributed by atoms with Crippen LogP contribution in [-0.4, -0.2) is 38.0 Å². The number of H-pyrrole nitrogens is 1. The minimum absolute atomic E-state index is 0.0375. The first-order valence-corrected chi connectivity index (χ1v) is 5.93. The molecule has 6 nitrogen and oxygen atoms in total. The van der Waals surface area contributed by atoms with E-state index in [1.807, 2.05) is 13.8 Å². The molecule has 0 atom stereocenters. The average Bonchev–Trinajstić information content (AvgIpc) is 2.87. The molecule has 0 aliphatic carbocycles. The normalized spacial score (nSPS) is 10.5. The van der Waals surface area contributed by atoms with Gasteiger partial charge in [-0.1, -0.05) is 0 Å². The molecule has 2 aromatic rings. The maximum absolute atomic E-state index is 12.1. The van der Waals surface area contributed by atoms with Gasteiger partial charge in [0.1, 0.15) is 17.0 Å². The van der Waals surface area contributed by atoms with Crippen molar-refractivity contribution in [2.75, 3.05) is 7.05 Å². The fourth-order valence-electron chi connectivity index (χ4n) is 1.51. The van der Waals surface area contributed by atoms with Gasteiger partial charge < -0.3 is 4.90 Å². The first-order valence-electron chi connectivity index (χ1n) is 5.11. The predicted octanol–water partition coefficient (Wildman–Crippen LogP) is 1.15. The molecule has 1 amide bonds. The molecule has 90 valence electrons. The number of hydrogen-bond donors (Lipinski definition) is 1. The Labute approximate surface area is 103 Å². The van der Waals surface area contributed by atoms with Crippen LogP contribution in [0.25, 0.3) is 0 Å². The second-order valence-electron chi connectivity index (χ2n) is 3.74. The van der Waals surface area contributed by atoms with Gasteiger partial charge in [0.15, 0.2) is 0 Å². The molecule has 0 saturated heterocycles. The van der Waals surface area contributed by atoms with Gasteiger partial charge in [0.2, 0.25) is 0 Å². The Morgan fingerprint density at radius 3 is 2.82 bits per heavy atom. The van der Waals surface area contributed by atoms with Gasteiger partial charge >= 0.3 is 0 Å². The monoisotopic (exact) mass is 251 g/mol. The van der Waals surface area contributed by atoms with E-state index in [0.29, 0.717) is 17.2 Å². The van der Waals surface area contributed by atoms with E-state index in [9.17, 15) is 4.79 Å². The Morgan fingerprint density at radius 1 is 1.53 bits per heavy atom. The van der Waals surface area contributed by atoms with E-state index >= 15 is 0 Å². The van der Waals surface area contributed by atoms with E-state index in [1.165, 1.54) is 17.7 Å². The molecule has 0 aliphatic rings. The van der Waals surface area contributed by atoms with Gasteiger partial charge in [-0.3, -0.25) is 9.89 Å². The number of hydrogen-bond acceptors (Lipinski definition) is 5. The zero-order valence-electron chi connectivity index (χ0n) is 9.89. The third-order valence-corrected chi connectivity index (χ3v) is 3.36. The van der Waals surface area contributed by atoms with E-state index in [-0.39, 0.29) is 5.91 Å². The Balaban J connectivity index is 2.12. The highest BCUT2D eigenvalue weighted by molar-refractivity contribution is 7.13. The number of carbonyl (C=O) groups is 1. The molecule has 17 heavy (non-hydrogen) atoms. The topological polar surface area (TPSA) is 74.8 Å². The van der Waals surface area contributed by atoms with Crippen LogP contribution in [0.4, 0.5) is 0 Å². The minimum atomic E-state index is -0.0375. The summed E-state index contributed by atoms with van der Waals surface area (Å²) in [5.74, 6) is 0.629. The Kier molecular flexibility index (Phi) is 3.19. The number of rotatable bonds is 3. The van der Waals surface area contributed by atoms with Crippen molar-refractivity contribution in [2.24, 2.45) is 0 Å². The van der Waals surface area contributed by atoms with Crippen LogP contribution in [0.2, 0.25) is 0 Å². The van der Waals surface area contributed by atoms with E-state index in [0.717, 1.165) is 10.7 Å². The van der Waals surface area contributed by atoms with Gasteiger partial charge in [-0.05, 0) is 13.8 Å². The van der Waals surface area contributed by atoms with E-state index in [4.69, 9.17) is 0 Å². The Hall–Kier alpha value is -1.76. The number of thiazole rings is 1. The molecule has 0 bridgehead atoms. The van der Waals surface area contributed by atoms with Crippen LogP contribution in [0.3, 0.4) is 0 Å². The van der Waals surface area contributed by atoms with Crippen LogP contribution in [-0.2, 0) is 6.54 Å². The molecule has 2 heterocycles. The summed E-state index contributed by atoms with van der Waals surface area (Å²) < 4.78 is 0. The molecule has 1 N–H and O–H groups in total. The largest absolute Gasteiger partial charge is 0.333 e. The number of aromatic nitrogens is 4. The molecule has 0 unspecified atom stereocenters. The molecule has 7 heteroatoms. The number of aryl methyl sites for hydroxylation is 2. The zero-order valence-corrected chi connectivity index (χ0v) is 10.7. The van der Waals surface area contributed by atoms with Crippen LogP contribution >= 0.6 is 11.3 Å². The fraction of sp³-hybridized carbons (Fsp3) is 0.400. The first kappa shape index (κ1) is 11.7. The average molecular weight is 251 g/mol. The van der Waals surface area contributed by atoms with E-state index in [1.54, 1.807) is 11.9 Å². The number of carbonyl (C=O) groups excluding carboxylic acids is 1. The van der Waals surface area contributed by atoms with Crippen molar-refractivity contribution < 1.29 is 4.79 Å². The summed E-state index contributed by atoms with van der Waals surface area (Å²) in [5, 5.41) is 7.37. The van der Waals surface area contributed by atoms with Crippen LogP contribution in [0.1, 0.15) is 26.2 Å². The van der Waals surface area contributed by atoms with Crippen LogP contribution in [0.15, 0.2) is 6.33 Å². The van der Waals surface area contributed by atoms with Crippen LogP contribution < -0.4 is 0 Å². The SMILES string of the molecule is Cc1nc(C)c(C(=O)N(C)Cc2ncn[nH]2)s1. The highest BCUT2D eigenvalue weighted by atomic mass is 32.1. The number of nitrogens with zero attached hydrogens (tertiary/aromatic N) is 4. The number of nitrogens with one attached hydrogen (secondary N) is 1.